The smallest absolute Gasteiger partial charge is 0.358 e. The van der Waals surface area contributed by atoms with Crippen molar-refractivity contribution in [3.05, 3.63) is 34.5 Å². The van der Waals surface area contributed by atoms with E-state index in [0.717, 1.165) is 23.2 Å². The first-order valence-corrected chi connectivity index (χ1v) is 12.6. The zero-order chi connectivity index (χ0) is 27.3. The van der Waals surface area contributed by atoms with Crippen LogP contribution in [0, 0.1) is 0 Å². The molecule has 0 saturated carbocycles. The highest BCUT2D eigenvalue weighted by Crippen LogP contribution is 2.41. The lowest BCUT2D eigenvalue weighted by Crippen LogP contribution is -2.71. The monoisotopic (exact) mass is 553 g/mol. The average Bonchev–Trinajstić information content (AvgIpc) is 3.25. The maximum atomic E-state index is 13.1. The minimum Gasteiger partial charge on any atom is -0.462 e. The number of hydrogen-bond acceptors (Lipinski definition) is 14. The van der Waals surface area contributed by atoms with E-state index in [-0.39, 0.29) is 28.9 Å². The molecule has 14 nitrogen and oxygen atoms in total. The van der Waals surface area contributed by atoms with E-state index < -0.39 is 53.1 Å². The molecule has 3 atom stereocenters. The minimum atomic E-state index is -1.22. The summed E-state index contributed by atoms with van der Waals surface area (Å²) in [6, 6.07) is -1.05. The van der Waals surface area contributed by atoms with Crippen LogP contribution >= 0.6 is 23.1 Å². The molecule has 3 rings (SSSR count). The van der Waals surface area contributed by atoms with Gasteiger partial charge < -0.3 is 30.5 Å². The number of oxime groups is 1. The van der Waals surface area contributed by atoms with Gasteiger partial charge in [0.05, 0.1) is 0 Å². The third-order valence-corrected chi connectivity index (χ3v) is 6.84. The van der Waals surface area contributed by atoms with Crippen molar-refractivity contribution in [3.63, 3.8) is 0 Å². The van der Waals surface area contributed by atoms with E-state index in [0.29, 0.717) is 5.57 Å². The van der Waals surface area contributed by atoms with Crippen molar-refractivity contribution < 1.29 is 43.4 Å². The van der Waals surface area contributed by atoms with Gasteiger partial charge in [-0.05, 0) is 11.6 Å². The molecular formula is C21H23N5O9S2. The number of esters is 3. The van der Waals surface area contributed by atoms with Crippen LogP contribution in [0.4, 0.5) is 5.13 Å². The maximum absolute atomic E-state index is 13.1. The highest BCUT2D eigenvalue weighted by atomic mass is 32.2. The number of amides is 2. The Kier molecular flexibility index (Phi) is 8.88. The van der Waals surface area contributed by atoms with Crippen molar-refractivity contribution >= 4 is 63.7 Å². The van der Waals surface area contributed by atoms with Gasteiger partial charge in [-0.1, -0.05) is 11.2 Å². The molecule has 3 heterocycles. The molecule has 2 aliphatic heterocycles. The van der Waals surface area contributed by atoms with Gasteiger partial charge in [-0.25, -0.2) is 9.78 Å². The van der Waals surface area contributed by atoms with Crippen molar-refractivity contribution in [2.45, 2.75) is 38.5 Å². The van der Waals surface area contributed by atoms with Crippen LogP contribution in [0.1, 0.15) is 26.5 Å². The number of thiazole rings is 1. The fourth-order valence-electron chi connectivity index (χ4n) is 3.40. The van der Waals surface area contributed by atoms with Gasteiger partial charge in [-0.3, -0.25) is 24.1 Å². The molecule has 2 amide bonds. The molecule has 16 heteroatoms. The Balaban J connectivity index is 1.81. The number of anilines is 1. The number of hydrogen-bond donors (Lipinski definition) is 3. The lowest BCUT2D eigenvalue weighted by atomic mass is 10.0. The van der Waals surface area contributed by atoms with Gasteiger partial charge in [0, 0.05) is 31.9 Å². The Bertz CT molecular complexity index is 1210. The van der Waals surface area contributed by atoms with Crippen LogP contribution in [-0.2, 0) is 38.2 Å². The van der Waals surface area contributed by atoms with Crippen molar-refractivity contribution in [2.24, 2.45) is 5.16 Å². The standard InChI is InChI=1S/C21H23N5O9S2/c1-9(27)33-6-4-5-12-7-36-19-15(24-17(29)14(25-32)13-8-37-21(22)23-13)18(30)26(19)16(12)20(31)35-11(3)34-10(2)28/h4-5,8,11,15,19,32H,6-7H2,1-3H3,(H2,22,23)(H,24,29)/b5-4-,25-14-/t11?,15?,19-/m0/s1. The number of ether oxygens (including phenoxy) is 3. The number of rotatable bonds is 9. The van der Waals surface area contributed by atoms with Crippen LogP contribution < -0.4 is 11.1 Å². The second-order valence-electron chi connectivity index (χ2n) is 7.54. The van der Waals surface area contributed by atoms with E-state index in [2.05, 4.69) is 15.5 Å². The Labute approximate surface area is 218 Å². The summed E-state index contributed by atoms with van der Waals surface area (Å²) in [6.45, 7) is 3.68. The van der Waals surface area contributed by atoms with E-state index in [1.165, 1.54) is 43.1 Å². The van der Waals surface area contributed by atoms with Gasteiger partial charge in [0.25, 0.3) is 11.8 Å². The number of fused-ring (bicyclic) bond motifs is 1. The molecule has 0 aliphatic carbocycles. The molecule has 37 heavy (non-hydrogen) atoms. The molecule has 198 valence electrons. The van der Waals surface area contributed by atoms with E-state index in [1.54, 1.807) is 0 Å². The number of nitrogen functional groups attached to an aromatic ring is 1. The van der Waals surface area contributed by atoms with Crippen LogP contribution in [0.2, 0.25) is 0 Å². The van der Waals surface area contributed by atoms with Crippen molar-refractivity contribution in [1.82, 2.24) is 15.2 Å². The summed E-state index contributed by atoms with van der Waals surface area (Å²) in [6.07, 6.45) is 1.78. The second kappa shape index (κ2) is 11.9. The first kappa shape index (κ1) is 27.7. The Hall–Kier alpha value is -3.92. The van der Waals surface area contributed by atoms with E-state index in [1.807, 2.05) is 0 Å². The number of aromatic nitrogens is 1. The fourth-order valence-corrected chi connectivity index (χ4v) is 5.27. The molecule has 1 fully saturated rings. The largest absolute Gasteiger partial charge is 0.462 e. The molecule has 0 radical (unpaired) electrons. The van der Waals surface area contributed by atoms with Crippen molar-refractivity contribution in [3.8, 4) is 0 Å². The van der Waals surface area contributed by atoms with Crippen molar-refractivity contribution in [2.75, 3.05) is 18.1 Å². The Morgan fingerprint density at radius 3 is 2.65 bits per heavy atom. The zero-order valence-electron chi connectivity index (χ0n) is 19.8. The van der Waals surface area contributed by atoms with Crippen molar-refractivity contribution in [1.29, 1.82) is 0 Å². The first-order valence-electron chi connectivity index (χ1n) is 10.6. The maximum Gasteiger partial charge on any atom is 0.358 e. The van der Waals surface area contributed by atoms with Gasteiger partial charge in [-0.2, -0.15) is 0 Å². The predicted octanol–water partition coefficient (Wildman–Crippen LogP) is 0.129. The SMILES string of the molecule is CC(=O)OC/C=C\C1=C(C(=O)OC(C)OC(C)=O)N2C(=O)C(NC(=O)/C(=N\O)c3csc(N)n3)[C@@H]2SC1. The molecule has 0 bridgehead atoms. The second-order valence-corrected chi connectivity index (χ2v) is 9.54. The number of nitrogens with one attached hydrogen (secondary N) is 1. The number of carbonyl (C=O) groups is 5. The van der Waals surface area contributed by atoms with Gasteiger partial charge in [0.1, 0.15) is 29.4 Å². The van der Waals surface area contributed by atoms with Crippen LogP contribution in [0.3, 0.4) is 0 Å². The van der Waals surface area contributed by atoms with Crippen LogP contribution in [-0.4, -0.2) is 80.6 Å². The molecule has 1 aromatic heterocycles. The predicted molar refractivity (Wildman–Crippen MR) is 130 cm³/mol. The third-order valence-electron chi connectivity index (χ3n) is 4.86. The lowest BCUT2D eigenvalue weighted by molar-refractivity contribution is -0.182. The highest BCUT2D eigenvalue weighted by molar-refractivity contribution is 8.00. The van der Waals surface area contributed by atoms with E-state index in [4.69, 9.17) is 19.9 Å². The number of nitrogens with two attached hydrogens (primary N) is 1. The average molecular weight is 554 g/mol. The van der Waals surface area contributed by atoms with E-state index in [9.17, 15) is 29.2 Å². The Morgan fingerprint density at radius 1 is 1.32 bits per heavy atom. The van der Waals surface area contributed by atoms with Gasteiger partial charge >= 0.3 is 17.9 Å². The molecular weight excluding hydrogens is 530 g/mol. The minimum absolute atomic E-state index is 0.0336. The van der Waals surface area contributed by atoms with Gasteiger partial charge in [0.2, 0.25) is 6.29 Å². The van der Waals surface area contributed by atoms with Crippen LogP contribution in [0.5, 0.6) is 0 Å². The molecule has 0 spiro atoms. The summed E-state index contributed by atoms with van der Waals surface area (Å²) in [5, 5.41) is 15.7. The molecule has 2 unspecified atom stereocenters. The first-order chi connectivity index (χ1) is 17.5. The third kappa shape index (κ3) is 6.45. The number of β-lactam (4-membered cyclic amide) rings is 1. The van der Waals surface area contributed by atoms with Crippen LogP contribution in [0.15, 0.2) is 34.0 Å². The van der Waals surface area contributed by atoms with Gasteiger partial charge in [-0.15, -0.1) is 23.1 Å². The molecule has 1 saturated heterocycles. The molecule has 0 aromatic carbocycles. The number of carbonyl (C=O) groups excluding carboxylic acids is 5. The van der Waals surface area contributed by atoms with E-state index >= 15 is 0 Å². The summed E-state index contributed by atoms with van der Waals surface area (Å²) in [5.74, 6) is -3.35. The fraction of sp³-hybridized carbons (Fsp3) is 0.381. The number of allylic oxidation sites excluding steroid dienone is 1. The van der Waals surface area contributed by atoms with Gasteiger partial charge in [0.15, 0.2) is 10.8 Å². The summed E-state index contributed by atoms with van der Waals surface area (Å²) >= 11 is 2.29. The lowest BCUT2D eigenvalue weighted by Gasteiger charge is -2.49. The molecule has 1 aromatic rings. The number of nitrogens with zero attached hydrogens (tertiary/aromatic N) is 3. The highest BCUT2D eigenvalue weighted by Gasteiger charge is 2.54. The van der Waals surface area contributed by atoms with Crippen LogP contribution in [0.25, 0.3) is 0 Å². The molecule has 2 aliphatic rings. The summed E-state index contributed by atoms with van der Waals surface area (Å²) in [7, 11) is 0. The summed E-state index contributed by atoms with van der Waals surface area (Å²) in [5.41, 5.74) is 5.45. The number of thioether (sulfide) groups is 1. The summed E-state index contributed by atoms with van der Waals surface area (Å²) in [4.78, 5) is 66.0. The summed E-state index contributed by atoms with van der Waals surface area (Å²) < 4.78 is 14.9. The zero-order valence-corrected chi connectivity index (χ0v) is 21.5. The quantitative estimate of drug-likeness (QED) is 0.0933. The normalized spacial score (nSPS) is 20.1. The topological polar surface area (TPSA) is 200 Å². The molecule has 4 N–H and O–H groups in total. The Morgan fingerprint density at radius 2 is 2.05 bits per heavy atom.